The van der Waals surface area contributed by atoms with Crippen LogP contribution in [-0.4, -0.2) is 11.7 Å². The first-order valence-electron chi connectivity index (χ1n) is 3.49. The van der Waals surface area contributed by atoms with E-state index in [9.17, 15) is 5.11 Å². The summed E-state index contributed by atoms with van der Waals surface area (Å²) in [4.78, 5) is 0. The van der Waals surface area contributed by atoms with Gasteiger partial charge in [0.05, 0.1) is 0 Å². The predicted octanol–water partition coefficient (Wildman–Crippen LogP) is 1.80. The molecule has 0 aromatic heterocycles. The van der Waals surface area contributed by atoms with Crippen molar-refractivity contribution in [3.05, 3.63) is 29.8 Å². The lowest BCUT2D eigenvalue weighted by molar-refractivity contribution is 0.332. The summed E-state index contributed by atoms with van der Waals surface area (Å²) in [7, 11) is 0. The minimum atomic E-state index is 0.215. The third-order valence-corrected chi connectivity index (χ3v) is 1.65. The van der Waals surface area contributed by atoms with E-state index < -0.39 is 0 Å². The number of para-hydroxylation sites is 1. The van der Waals surface area contributed by atoms with Crippen LogP contribution in [0.5, 0.6) is 11.5 Å². The zero-order valence-electron chi connectivity index (χ0n) is 5.95. The van der Waals surface area contributed by atoms with Gasteiger partial charge in [-0.1, -0.05) is 18.2 Å². The van der Waals surface area contributed by atoms with Crippen LogP contribution in [0.4, 0.5) is 0 Å². The third kappa shape index (κ3) is 0.963. The molecule has 1 aromatic carbocycles. The van der Waals surface area contributed by atoms with Crippen LogP contribution in [0.1, 0.15) is 5.56 Å². The number of phenolic OH excluding ortho intramolecular Hbond substituents is 1. The molecular weight excluding hydrogens is 140 g/mol. The number of hydrogen-bond donors (Lipinski definition) is 1. The van der Waals surface area contributed by atoms with E-state index in [2.05, 4.69) is 0 Å². The molecule has 1 heterocycles. The lowest BCUT2D eigenvalue weighted by Gasteiger charge is -2.12. The highest BCUT2D eigenvalue weighted by Gasteiger charge is 2.08. The van der Waals surface area contributed by atoms with Crippen LogP contribution in [0.15, 0.2) is 24.3 Å². The summed E-state index contributed by atoms with van der Waals surface area (Å²) in [6, 6.07) is 5.33. The maximum atomic E-state index is 9.30. The second-order valence-electron chi connectivity index (χ2n) is 2.41. The van der Waals surface area contributed by atoms with E-state index >= 15 is 0 Å². The quantitative estimate of drug-likeness (QED) is 0.607. The Morgan fingerprint density at radius 3 is 3.09 bits per heavy atom. The average molecular weight is 148 g/mol. The molecule has 0 spiro atoms. The Morgan fingerprint density at radius 1 is 1.36 bits per heavy atom. The fourth-order valence-electron chi connectivity index (χ4n) is 1.14. The van der Waals surface area contributed by atoms with Crippen LogP contribution in [0.25, 0.3) is 6.08 Å². The van der Waals surface area contributed by atoms with Crippen molar-refractivity contribution in [1.82, 2.24) is 0 Å². The summed E-state index contributed by atoms with van der Waals surface area (Å²) in [5.41, 5.74) is 0.941. The van der Waals surface area contributed by atoms with E-state index in [1.54, 1.807) is 12.1 Å². The number of ether oxygens (including phenoxy) is 1. The summed E-state index contributed by atoms with van der Waals surface area (Å²) in [5, 5.41) is 9.30. The van der Waals surface area contributed by atoms with Gasteiger partial charge in [0.2, 0.25) is 0 Å². The zero-order chi connectivity index (χ0) is 7.68. The van der Waals surface area contributed by atoms with Gasteiger partial charge in [-0.15, -0.1) is 0 Å². The molecule has 1 aliphatic rings. The largest absolute Gasteiger partial charge is 0.504 e. The van der Waals surface area contributed by atoms with Crippen molar-refractivity contribution in [2.45, 2.75) is 0 Å². The number of hydrogen-bond acceptors (Lipinski definition) is 2. The van der Waals surface area contributed by atoms with Gasteiger partial charge in [0.25, 0.3) is 0 Å². The number of fused-ring (bicyclic) bond motifs is 1. The highest BCUT2D eigenvalue weighted by atomic mass is 16.5. The summed E-state index contributed by atoms with van der Waals surface area (Å²) in [6.45, 7) is 0.546. The smallest absolute Gasteiger partial charge is 0.168 e. The maximum absolute atomic E-state index is 9.30. The molecule has 1 aliphatic heterocycles. The molecule has 0 atom stereocenters. The molecule has 2 heteroatoms. The molecule has 0 aliphatic carbocycles. The number of aromatic hydroxyl groups is 1. The van der Waals surface area contributed by atoms with Crippen molar-refractivity contribution < 1.29 is 9.84 Å². The SMILES string of the molecule is Oc1cccc2c1OCC=C2. The lowest BCUT2D eigenvalue weighted by atomic mass is 10.1. The fraction of sp³-hybridized carbons (Fsp3) is 0.111. The Kier molecular flexibility index (Phi) is 1.32. The van der Waals surface area contributed by atoms with Crippen molar-refractivity contribution in [3.8, 4) is 11.5 Å². The minimum Gasteiger partial charge on any atom is -0.504 e. The Hall–Kier alpha value is -1.44. The molecule has 2 rings (SSSR count). The molecule has 1 N–H and O–H groups in total. The predicted molar refractivity (Wildman–Crippen MR) is 42.6 cm³/mol. The Bertz CT molecular complexity index is 302. The topological polar surface area (TPSA) is 29.5 Å². The normalized spacial score (nSPS) is 13.8. The van der Waals surface area contributed by atoms with E-state index in [1.807, 2.05) is 18.2 Å². The first kappa shape index (κ1) is 6.28. The Balaban J connectivity index is 2.60. The standard InChI is InChI=1S/C9H8O2/c10-8-5-1-3-7-4-2-6-11-9(7)8/h1-5,10H,6H2. The molecule has 2 nitrogen and oxygen atoms in total. The van der Waals surface area contributed by atoms with Gasteiger partial charge in [0.1, 0.15) is 6.61 Å². The van der Waals surface area contributed by atoms with Gasteiger partial charge >= 0.3 is 0 Å². The Morgan fingerprint density at radius 2 is 2.27 bits per heavy atom. The summed E-state index contributed by atoms with van der Waals surface area (Å²) in [6.07, 6.45) is 3.86. The molecule has 1 aromatic rings. The average Bonchev–Trinajstić information content (AvgIpc) is 2.06. The molecule has 0 saturated heterocycles. The molecule has 0 fully saturated rings. The van der Waals surface area contributed by atoms with E-state index in [-0.39, 0.29) is 5.75 Å². The summed E-state index contributed by atoms with van der Waals surface area (Å²) in [5.74, 6) is 0.807. The van der Waals surface area contributed by atoms with Gasteiger partial charge in [0, 0.05) is 5.56 Å². The van der Waals surface area contributed by atoms with Gasteiger partial charge in [-0.05, 0) is 12.1 Å². The molecule has 56 valence electrons. The monoisotopic (exact) mass is 148 g/mol. The number of benzene rings is 1. The van der Waals surface area contributed by atoms with Crippen molar-refractivity contribution in [1.29, 1.82) is 0 Å². The number of rotatable bonds is 0. The van der Waals surface area contributed by atoms with Gasteiger partial charge in [-0.3, -0.25) is 0 Å². The van der Waals surface area contributed by atoms with E-state index in [0.29, 0.717) is 12.4 Å². The van der Waals surface area contributed by atoms with Crippen LogP contribution >= 0.6 is 0 Å². The molecule has 0 saturated carbocycles. The first-order valence-corrected chi connectivity index (χ1v) is 3.49. The van der Waals surface area contributed by atoms with E-state index in [0.717, 1.165) is 5.56 Å². The molecule has 0 bridgehead atoms. The minimum absolute atomic E-state index is 0.215. The van der Waals surface area contributed by atoms with Crippen molar-refractivity contribution in [2.75, 3.05) is 6.61 Å². The highest BCUT2D eigenvalue weighted by molar-refractivity contribution is 5.63. The van der Waals surface area contributed by atoms with Crippen LogP contribution in [0, 0.1) is 0 Å². The van der Waals surface area contributed by atoms with Gasteiger partial charge in [-0.2, -0.15) is 0 Å². The van der Waals surface area contributed by atoms with Crippen LogP contribution in [0.2, 0.25) is 0 Å². The van der Waals surface area contributed by atoms with Crippen LogP contribution < -0.4 is 4.74 Å². The Labute approximate surface area is 64.7 Å². The van der Waals surface area contributed by atoms with Crippen LogP contribution in [0.3, 0.4) is 0 Å². The molecule has 0 radical (unpaired) electrons. The molecular formula is C9H8O2. The first-order chi connectivity index (χ1) is 5.38. The van der Waals surface area contributed by atoms with Crippen molar-refractivity contribution in [2.24, 2.45) is 0 Å². The van der Waals surface area contributed by atoms with E-state index in [1.165, 1.54) is 0 Å². The highest BCUT2D eigenvalue weighted by Crippen LogP contribution is 2.32. The zero-order valence-corrected chi connectivity index (χ0v) is 5.95. The van der Waals surface area contributed by atoms with Gasteiger partial charge in [-0.25, -0.2) is 0 Å². The molecule has 0 unspecified atom stereocenters. The summed E-state index contributed by atoms with van der Waals surface area (Å²) >= 11 is 0. The van der Waals surface area contributed by atoms with Crippen molar-refractivity contribution >= 4 is 6.08 Å². The number of phenols is 1. The molecule has 11 heavy (non-hydrogen) atoms. The molecule has 0 amide bonds. The van der Waals surface area contributed by atoms with Gasteiger partial charge < -0.3 is 9.84 Å². The maximum Gasteiger partial charge on any atom is 0.168 e. The third-order valence-electron chi connectivity index (χ3n) is 1.65. The van der Waals surface area contributed by atoms with Crippen LogP contribution in [-0.2, 0) is 0 Å². The lowest BCUT2D eigenvalue weighted by Crippen LogP contribution is -1.99. The second-order valence-corrected chi connectivity index (χ2v) is 2.41. The fourth-order valence-corrected chi connectivity index (χ4v) is 1.14. The van der Waals surface area contributed by atoms with Gasteiger partial charge in [0.15, 0.2) is 11.5 Å². The van der Waals surface area contributed by atoms with Crippen molar-refractivity contribution in [3.63, 3.8) is 0 Å². The second kappa shape index (κ2) is 2.31. The summed E-state index contributed by atoms with van der Waals surface area (Å²) < 4.78 is 5.22. The van der Waals surface area contributed by atoms with E-state index in [4.69, 9.17) is 4.74 Å².